The van der Waals surface area contributed by atoms with Gasteiger partial charge in [0.05, 0.1) is 14.7 Å². The van der Waals surface area contributed by atoms with Gasteiger partial charge in [-0.05, 0) is 30.3 Å². The third kappa shape index (κ3) is 3.67. The van der Waals surface area contributed by atoms with Crippen LogP contribution in [0.25, 0.3) is 10.9 Å². The number of halogens is 1. The van der Waals surface area contributed by atoms with E-state index in [1.165, 1.54) is 29.8 Å². The summed E-state index contributed by atoms with van der Waals surface area (Å²) in [5.74, 6) is 0.465. The lowest BCUT2D eigenvalue weighted by atomic mass is 10.2. The first-order valence-electron chi connectivity index (χ1n) is 6.96. The zero-order valence-electron chi connectivity index (χ0n) is 12.6. The lowest BCUT2D eigenvalue weighted by Gasteiger charge is -2.12. The van der Waals surface area contributed by atoms with Crippen LogP contribution in [0.4, 0.5) is 5.82 Å². The zero-order chi connectivity index (χ0) is 17.3. The number of benzene rings is 1. The summed E-state index contributed by atoms with van der Waals surface area (Å²) in [4.78, 5) is 9.21. The molecule has 0 spiro atoms. The molecule has 0 bridgehead atoms. The Balaban J connectivity index is 1.88. The van der Waals surface area contributed by atoms with Gasteiger partial charge in [0.15, 0.2) is 9.84 Å². The number of aliphatic hydroxyl groups excluding tert-OH is 1. The fourth-order valence-corrected chi connectivity index (χ4v) is 3.90. The van der Waals surface area contributed by atoms with E-state index in [4.69, 9.17) is 11.6 Å². The Hall–Kier alpha value is -1.74. The van der Waals surface area contributed by atoms with Crippen molar-refractivity contribution in [3.05, 3.63) is 45.9 Å². The van der Waals surface area contributed by atoms with Crippen molar-refractivity contribution in [1.29, 1.82) is 0 Å². The highest BCUT2D eigenvalue weighted by Gasteiger charge is 2.13. The molecule has 0 amide bonds. The molecule has 0 saturated carbocycles. The van der Waals surface area contributed by atoms with Crippen molar-refractivity contribution >= 4 is 49.5 Å². The van der Waals surface area contributed by atoms with Gasteiger partial charge in [0, 0.05) is 23.1 Å². The van der Waals surface area contributed by atoms with E-state index in [2.05, 4.69) is 15.3 Å². The Morgan fingerprint density at radius 2 is 2.08 bits per heavy atom. The molecular weight excluding hydrogens is 370 g/mol. The summed E-state index contributed by atoms with van der Waals surface area (Å²) >= 11 is 7.17. The van der Waals surface area contributed by atoms with E-state index in [-0.39, 0.29) is 11.4 Å². The van der Waals surface area contributed by atoms with E-state index < -0.39 is 15.9 Å². The lowest BCUT2D eigenvalue weighted by molar-refractivity contribution is 0.195. The van der Waals surface area contributed by atoms with Crippen molar-refractivity contribution in [2.75, 3.05) is 18.1 Å². The second-order valence-corrected chi connectivity index (χ2v) is 8.97. The number of anilines is 1. The van der Waals surface area contributed by atoms with Gasteiger partial charge in [0.1, 0.15) is 18.2 Å². The first kappa shape index (κ1) is 17.1. The normalized spacial score (nSPS) is 13.1. The van der Waals surface area contributed by atoms with Crippen molar-refractivity contribution in [2.45, 2.75) is 11.0 Å². The summed E-state index contributed by atoms with van der Waals surface area (Å²) < 4.78 is 24.1. The molecule has 0 aliphatic rings. The molecule has 0 aliphatic carbocycles. The van der Waals surface area contributed by atoms with Gasteiger partial charge in [-0.2, -0.15) is 0 Å². The molecule has 0 aliphatic heterocycles. The number of nitrogens with zero attached hydrogens (tertiary/aromatic N) is 2. The molecule has 6 nitrogen and oxygen atoms in total. The molecule has 0 saturated heterocycles. The third-order valence-electron chi connectivity index (χ3n) is 3.42. The van der Waals surface area contributed by atoms with Gasteiger partial charge in [-0.25, -0.2) is 18.4 Å². The van der Waals surface area contributed by atoms with Crippen LogP contribution in [-0.4, -0.2) is 36.3 Å². The number of thiophene rings is 1. The third-order valence-corrected chi connectivity index (χ3v) is 5.86. The Labute approximate surface area is 148 Å². The number of hydrogen-bond acceptors (Lipinski definition) is 7. The van der Waals surface area contributed by atoms with Crippen LogP contribution in [-0.2, 0) is 9.84 Å². The van der Waals surface area contributed by atoms with Crippen LogP contribution in [0, 0.1) is 0 Å². The predicted octanol–water partition coefficient (Wildman–Crippen LogP) is 2.89. The van der Waals surface area contributed by atoms with E-state index in [1.54, 1.807) is 18.2 Å². The number of rotatable bonds is 5. The number of sulfone groups is 1. The van der Waals surface area contributed by atoms with Gasteiger partial charge >= 0.3 is 0 Å². The van der Waals surface area contributed by atoms with E-state index >= 15 is 0 Å². The van der Waals surface area contributed by atoms with Crippen LogP contribution in [0.5, 0.6) is 0 Å². The Bertz CT molecular complexity index is 989. The Kier molecular flexibility index (Phi) is 4.73. The van der Waals surface area contributed by atoms with Crippen molar-refractivity contribution < 1.29 is 13.5 Å². The molecule has 9 heteroatoms. The topological polar surface area (TPSA) is 92.2 Å². The molecule has 126 valence electrons. The smallest absolute Gasteiger partial charge is 0.175 e. The van der Waals surface area contributed by atoms with Gasteiger partial charge in [-0.1, -0.05) is 11.6 Å². The monoisotopic (exact) mass is 383 g/mol. The van der Waals surface area contributed by atoms with Crippen LogP contribution in [0.15, 0.2) is 41.6 Å². The van der Waals surface area contributed by atoms with Gasteiger partial charge in [0.25, 0.3) is 0 Å². The molecule has 1 unspecified atom stereocenters. The molecule has 2 aromatic heterocycles. The molecular formula is C15H14ClN3O3S2. The van der Waals surface area contributed by atoms with Crippen molar-refractivity contribution in [1.82, 2.24) is 9.97 Å². The maximum Gasteiger partial charge on any atom is 0.175 e. The van der Waals surface area contributed by atoms with Crippen LogP contribution >= 0.6 is 22.9 Å². The van der Waals surface area contributed by atoms with Crippen LogP contribution in [0.3, 0.4) is 0 Å². The van der Waals surface area contributed by atoms with Crippen LogP contribution < -0.4 is 5.32 Å². The summed E-state index contributed by atoms with van der Waals surface area (Å²) in [6.45, 7) is 0.214. The summed E-state index contributed by atoms with van der Waals surface area (Å²) in [5.41, 5.74) is 0.619. The highest BCUT2D eigenvalue weighted by atomic mass is 35.5. The number of fused-ring (bicyclic) bond motifs is 1. The summed E-state index contributed by atoms with van der Waals surface area (Å²) in [6.07, 6.45) is 1.79. The molecule has 2 N–H and O–H groups in total. The average molecular weight is 384 g/mol. The molecule has 3 rings (SSSR count). The maximum absolute atomic E-state index is 11.7. The first-order valence-corrected chi connectivity index (χ1v) is 10.0. The average Bonchev–Trinajstić information content (AvgIpc) is 2.97. The lowest BCUT2D eigenvalue weighted by Crippen LogP contribution is -2.12. The maximum atomic E-state index is 11.7. The minimum absolute atomic E-state index is 0.193. The fourth-order valence-electron chi connectivity index (χ4n) is 2.21. The predicted molar refractivity (Wildman–Crippen MR) is 95.4 cm³/mol. The van der Waals surface area contributed by atoms with Crippen molar-refractivity contribution in [2.24, 2.45) is 0 Å². The van der Waals surface area contributed by atoms with E-state index in [9.17, 15) is 13.5 Å². The van der Waals surface area contributed by atoms with E-state index in [0.717, 1.165) is 11.1 Å². The zero-order valence-corrected chi connectivity index (χ0v) is 15.0. The largest absolute Gasteiger partial charge is 0.386 e. The number of hydrogen-bond donors (Lipinski definition) is 2. The van der Waals surface area contributed by atoms with Crippen LogP contribution in [0.1, 0.15) is 11.0 Å². The number of aliphatic hydroxyl groups is 1. The summed E-state index contributed by atoms with van der Waals surface area (Å²) in [5, 5.41) is 13.8. The number of aromatic nitrogens is 2. The van der Waals surface area contributed by atoms with E-state index in [1.807, 2.05) is 0 Å². The molecule has 0 radical (unpaired) electrons. The SMILES string of the molecule is CS(=O)(=O)c1ccc2ncnc(NCC(O)c3ccc(Cl)s3)c2c1. The molecule has 1 atom stereocenters. The summed E-state index contributed by atoms with van der Waals surface area (Å²) in [7, 11) is -3.33. The molecule has 24 heavy (non-hydrogen) atoms. The quantitative estimate of drug-likeness (QED) is 0.703. The molecule has 3 aromatic rings. The Morgan fingerprint density at radius 3 is 2.75 bits per heavy atom. The minimum Gasteiger partial charge on any atom is -0.386 e. The second kappa shape index (κ2) is 6.64. The second-order valence-electron chi connectivity index (χ2n) is 5.21. The molecule has 0 fully saturated rings. The van der Waals surface area contributed by atoms with Crippen molar-refractivity contribution in [3.8, 4) is 0 Å². The molecule has 1 aromatic carbocycles. The van der Waals surface area contributed by atoms with Crippen molar-refractivity contribution in [3.63, 3.8) is 0 Å². The first-order chi connectivity index (χ1) is 11.3. The fraction of sp³-hybridized carbons (Fsp3) is 0.200. The Morgan fingerprint density at radius 1 is 1.29 bits per heavy atom. The highest BCUT2D eigenvalue weighted by Crippen LogP contribution is 2.28. The highest BCUT2D eigenvalue weighted by molar-refractivity contribution is 7.90. The summed E-state index contributed by atoms with van der Waals surface area (Å²) in [6, 6.07) is 8.16. The van der Waals surface area contributed by atoms with Crippen LogP contribution in [0.2, 0.25) is 4.34 Å². The van der Waals surface area contributed by atoms with Gasteiger partial charge < -0.3 is 10.4 Å². The number of nitrogens with one attached hydrogen (secondary N) is 1. The standard InChI is InChI=1S/C15H14ClN3O3S2/c1-24(21,22)9-2-3-11-10(6-9)15(19-8-18-11)17-7-12(20)13-4-5-14(16)23-13/h2-6,8,12,20H,7H2,1H3,(H,17,18,19). The molecule has 2 heterocycles. The van der Waals surface area contributed by atoms with Gasteiger partial charge in [0.2, 0.25) is 0 Å². The van der Waals surface area contributed by atoms with Gasteiger partial charge in [-0.3, -0.25) is 0 Å². The van der Waals surface area contributed by atoms with Gasteiger partial charge in [-0.15, -0.1) is 11.3 Å². The van der Waals surface area contributed by atoms with E-state index in [0.29, 0.717) is 21.1 Å². The minimum atomic E-state index is -3.33.